The quantitative estimate of drug-likeness (QED) is 0.540. The van der Waals surface area contributed by atoms with Gasteiger partial charge in [0.05, 0.1) is 19.9 Å². The molecule has 2 aromatic heterocycles. The third-order valence-electron chi connectivity index (χ3n) is 4.69. The molecule has 3 aromatic rings. The maximum atomic E-state index is 11.8. The predicted molar refractivity (Wildman–Crippen MR) is 113 cm³/mol. The minimum Gasteiger partial charge on any atom is -0.493 e. The lowest BCUT2D eigenvalue weighted by molar-refractivity contribution is 0.101. The van der Waals surface area contributed by atoms with Crippen molar-refractivity contribution in [2.75, 3.05) is 26.1 Å². The Morgan fingerprint density at radius 3 is 2.61 bits per heavy atom. The molecule has 2 N–H and O–H groups in total. The van der Waals surface area contributed by atoms with Crippen molar-refractivity contribution in [2.45, 2.75) is 27.2 Å². The van der Waals surface area contributed by atoms with E-state index in [1.165, 1.54) is 0 Å². The van der Waals surface area contributed by atoms with Gasteiger partial charge >= 0.3 is 0 Å². The number of carbonyl (C=O) groups excluding carboxylic acids is 1. The Balaban J connectivity index is 1.66. The minimum atomic E-state index is 0.0704. The number of nitrogens with one attached hydrogen (secondary N) is 2. The van der Waals surface area contributed by atoms with E-state index in [2.05, 4.69) is 15.3 Å². The van der Waals surface area contributed by atoms with Crippen molar-refractivity contribution in [3.05, 3.63) is 46.0 Å². The van der Waals surface area contributed by atoms with Gasteiger partial charge in [-0.25, -0.2) is 4.98 Å². The normalized spacial score (nSPS) is 10.8. The number of H-pyrrole nitrogens is 1. The zero-order valence-corrected chi connectivity index (χ0v) is 17.6. The van der Waals surface area contributed by atoms with Crippen molar-refractivity contribution in [2.24, 2.45) is 0 Å². The smallest absolute Gasteiger partial charge is 0.183 e. The molecule has 0 atom stereocenters. The molecule has 0 saturated heterocycles. The van der Waals surface area contributed by atoms with Gasteiger partial charge in [-0.05, 0) is 50.5 Å². The SMILES string of the molecule is COc1ccc(CCNc2nc(-c3[nH]c(C)c(C(C)=O)c3C)cs2)cc1OC. The van der Waals surface area contributed by atoms with Gasteiger partial charge in [0, 0.05) is 23.2 Å². The lowest BCUT2D eigenvalue weighted by Crippen LogP contribution is -2.05. The van der Waals surface area contributed by atoms with Crippen LogP contribution in [0.25, 0.3) is 11.4 Å². The number of hydrogen-bond acceptors (Lipinski definition) is 6. The Hall–Kier alpha value is -2.80. The molecule has 0 saturated carbocycles. The molecule has 1 aromatic carbocycles. The number of benzene rings is 1. The van der Waals surface area contributed by atoms with E-state index in [9.17, 15) is 4.79 Å². The van der Waals surface area contributed by atoms with Crippen LogP contribution in [-0.2, 0) is 6.42 Å². The number of hydrogen-bond donors (Lipinski definition) is 2. The number of rotatable bonds is 8. The van der Waals surface area contributed by atoms with Gasteiger partial charge in [0.15, 0.2) is 22.4 Å². The summed E-state index contributed by atoms with van der Waals surface area (Å²) < 4.78 is 10.6. The van der Waals surface area contributed by atoms with Gasteiger partial charge < -0.3 is 19.8 Å². The molecule has 3 rings (SSSR count). The van der Waals surface area contributed by atoms with Crippen LogP contribution in [0.3, 0.4) is 0 Å². The summed E-state index contributed by atoms with van der Waals surface area (Å²) in [6.45, 7) is 6.22. The first-order valence-electron chi connectivity index (χ1n) is 9.05. The second-order valence-electron chi connectivity index (χ2n) is 6.59. The van der Waals surface area contributed by atoms with Gasteiger partial charge in [-0.3, -0.25) is 4.79 Å². The predicted octanol–water partition coefficient (Wildman–Crippen LogP) is 4.63. The van der Waals surface area contributed by atoms with Crippen LogP contribution in [0, 0.1) is 13.8 Å². The fourth-order valence-corrected chi connectivity index (χ4v) is 4.08. The number of nitrogens with zero attached hydrogens (tertiary/aromatic N) is 1. The molecule has 2 heterocycles. The van der Waals surface area contributed by atoms with E-state index >= 15 is 0 Å². The number of carbonyl (C=O) groups is 1. The summed E-state index contributed by atoms with van der Waals surface area (Å²) in [5.74, 6) is 1.53. The maximum absolute atomic E-state index is 11.8. The number of ketones is 1. The van der Waals surface area contributed by atoms with Gasteiger partial charge in [-0.1, -0.05) is 6.07 Å². The average Bonchev–Trinajstić information content (AvgIpc) is 3.25. The molecule has 7 heteroatoms. The monoisotopic (exact) mass is 399 g/mol. The molecule has 148 valence electrons. The van der Waals surface area contributed by atoms with E-state index in [1.807, 2.05) is 37.4 Å². The molecule has 0 radical (unpaired) electrons. The summed E-state index contributed by atoms with van der Waals surface area (Å²) >= 11 is 1.55. The average molecular weight is 400 g/mol. The molecule has 6 nitrogen and oxygen atoms in total. The van der Waals surface area contributed by atoms with Crippen molar-refractivity contribution in [1.29, 1.82) is 0 Å². The number of ether oxygens (including phenoxy) is 2. The molecule has 0 amide bonds. The van der Waals surface area contributed by atoms with Crippen LogP contribution in [-0.4, -0.2) is 36.5 Å². The third-order valence-corrected chi connectivity index (χ3v) is 5.49. The molecule has 0 unspecified atom stereocenters. The third kappa shape index (κ3) is 4.04. The van der Waals surface area contributed by atoms with Gasteiger partial charge in [-0.2, -0.15) is 0 Å². The van der Waals surface area contributed by atoms with Crippen LogP contribution in [0.1, 0.15) is 34.1 Å². The van der Waals surface area contributed by atoms with E-state index in [-0.39, 0.29) is 5.78 Å². The summed E-state index contributed by atoms with van der Waals surface area (Å²) in [6, 6.07) is 5.94. The van der Waals surface area contributed by atoms with Crippen LogP contribution < -0.4 is 14.8 Å². The van der Waals surface area contributed by atoms with Crippen LogP contribution in [0.2, 0.25) is 0 Å². The van der Waals surface area contributed by atoms with Crippen molar-refractivity contribution >= 4 is 22.3 Å². The van der Waals surface area contributed by atoms with E-state index in [4.69, 9.17) is 9.47 Å². The van der Waals surface area contributed by atoms with E-state index in [0.717, 1.165) is 63.4 Å². The highest BCUT2D eigenvalue weighted by atomic mass is 32.1. The number of aromatic amines is 1. The lowest BCUT2D eigenvalue weighted by atomic mass is 10.1. The Kier molecular flexibility index (Phi) is 6.04. The van der Waals surface area contributed by atoms with Gasteiger partial charge in [0.2, 0.25) is 0 Å². The maximum Gasteiger partial charge on any atom is 0.183 e. The number of methoxy groups -OCH3 is 2. The van der Waals surface area contributed by atoms with Crippen molar-refractivity contribution < 1.29 is 14.3 Å². The van der Waals surface area contributed by atoms with E-state index < -0.39 is 0 Å². The Labute approximate surface area is 168 Å². The van der Waals surface area contributed by atoms with Crippen LogP contribution in [0.5, 0.6) is 11.5 Å². The molecular formula is C21H25N3O3S. The van der Waals surface area contributed by atoms with Crippen LogP contribution in [0.15, 0.2) is 23.6 Å². The summed E-state index contributed by atoms with van der Waals surface area (Å²) in [6.07, 6.45) is 0.838. The van der Waals surface area contributed by atoms with Gasteiger partial charge in [-0.15, -0.1) is 11.3 Å². The van der Waals surface area contributed by atoms with Crippen molar-refractivity contribution in [3.8, 4) is 22.9 Å². The second-order valence-corrected chi connectivity index (χ2v) is 7.44. The first-order chi connectivity index (χ1) is 13.4. The van der Waals surface area contributed by atoms with Gasteiger partial charge in [0.1, 0.15) is 5.69 Å². The van der Waals surface area contributed by atoms with E-state index in [1.54, 1.807) is 32.5 Å². The molecule has 0 aliphatic carbocycles. The van der Waals surface area contributed by atoms with E-state index in [0.29, 0.717) is 0 Å². The highest BCUT2D eigenvalue weighted by Gasteiger charge is 2.17. The molecule has 28 heavy (non-hydrogen) atoms. The second kappa shape index (κ2) is 8.48. The zero-order chi connectivity index (χ0) is 20.3. The van der Waals surface area contributed by atoms with Crippen LogP contribution >= 0.6 is 11.3 Å². The zero-order valence-electron chi connectivity index (χ0n) is 16.8. The summed E-state index contributed by atoms with van der Waals surface area (Å²) in [7, 11) is 3.27. The molecule has 0 aliphatic heterocycles. The highest BCUT2D eigenvalue weighted by molar-refractivity contribution is 7.14. The van der Waals surface area contributed by atoms with Crippen LogP contribution in [0.4, 0.5) is 5.13 Å². The Morgan fingerprint density at radius 1 is 1.21 bits per heavy atom. The number of thiazole rings is 1. The Morgan fingerprint density at radius 2 is 1.96 bits per heavy atom. The topological polar surface area (TPSA) is 76.2 Å². The van der Waals surface area contributed by atoms with Crippen molar-refractivity contribution in [1.82, 2.24) is 9.97 Å². The summed E-state index contributed by atoms with van der Waals surface area (Å²) in [5.41, 5.74) is 5.51. The largest absolute Gasteiger partial charge is 0.493 e. The standard InChI is InChI=1S/C21H25N3O3S/c1-12-19(14(3)25)13(2)23-20(12)16-11-28-21(24-16)22-9-8-15-6-7-17(26-4)18(10-15)27-5/h6-7,10-11,23H,8-9H2,1-5H3,(H,22,24). The summed E-state index contributed by atoms with van der Waals surface area (Å²) in [4.78, 5) is 19.8. The molecular weight excluding hydrogens is 374 g/mol. The number of anilines is 1. The highest BCUT2D eigenvalue weighted by Crippen LogP contribution is 2.31. The van der Waals surface area contributed by atoms with Gasteiger partial charge in [0.25, 0.3) is 0 Å². The molecule has 0 aliphatic rings. The fraction of sp³-hybridized carbons (Fsp3) is 0.333. The number of Topliss-reactive ketones (excluding diaryl/α,β-unsaturated/α-hetero) is 1. The minimum absolute atomic E-state index is 0.0704. The molecule has 0 spiro atoms. The first-order valence-corrected chi connectivity index (χ1v) is 9.93. The lowest BCUT2D eigenvalue weighted by Gasteiger charge is -2.09. The number of aromatic nitrogens is 2. The number of aryl methyl sites for hydroxylation is 1. The summed E-state index contributed by atoms with van der Waals surface area (Å²) in [5, 5.41) is 6.22. The molecule has 0 fully saturated rings. The van der Waals surface area contributed by atoms with Crippen molar-refractivity contribution in [3.63, 3.8) is 0 Å². The molecule has 0 bridgehead atoms. The fourth-order valence-electron chi connectivity index (χ4n) is 3.35. The first kappa shape index (κ1) is 19.9. The Bertz CT molecular complexity index is 991.